The van der Waals surface area contributed by atoms with Crippen LogP contribution in [-0.4, -0.2) is 36.1 Å². The van der Waals surface area contributed by atoms with Crippen LogP contribution < -0.4 is 11.1 Å². The van der Waals surface area contributed by atoms with Crippen molar-refractivity contribution in [2.24, 2.45) is 12.8 Å². The van der Waals surface area contributed by atoms with Gasteiger partial charge in [0.05, 0.1) is 6.61 Å². The lowest BCUT2D eigenvalue weighted by Gasteiger charge is -2.10. The Morgan fingerprint density at radius 1 is 1.77 bits per heavy atom. The number of aryl methyl sites for hydroxylation is 1. The quantitative estimate of drug-likeness (QED) is 0.665. The van der Waals surface area contributed by atoms with Gasteiger partial charge in [0.1, 0.15) is 5.82 Å². The summed E-state index contributed by atoms with van der Waals surface area (Å²) in [6.45, 7) is 1.23. The van der Waals surface area contributed by atoms with E-state index in [2.05, 4.69) is 10.4 Å². The van der Waals surface area contributed by atoms with E-state index in [1.54, 1.807) is 11.8 Å². The Morgan fingerprint density at radius 2 is 2.54 bits per heavy atom. The molecular weight excluding hydrogens is 168 g/mol. The summed E-state index contributed by atoms with van der Waals surface area (Å²) in [7, 11) is 3.51. The molecule has 1 aromatic rings. The van der Waals surface area contributed by atoms with E-state index in [4.69, 9.17) is 10.5 Å². The number of ether oxygens (including phenoxy) is 1. The predicted molar refractivity (Wildman–Crippen MR) is 51.5 cm³/mol. The van der Waals surface area contributed by atoms with Crippen LogP contribution in [0.15, 0.2) is 12.3 Å². The number of anilines is 1. The third kappa shape index (κ3) is 3.43. The Bertz CT molecular complexity index is 248. The first kappa shape index (κ1) is 10.0. The van der Waals surface area contributed by atoms with Crippen LogP contribution in [0.4, 0.5) is 5.82 Å². The van der Waals surface area contributed by atoms with Gasteiger partial charge in [-0.1, -0.05) is 0 Å². The lowest BCUT2D eigenvalue weighted by molar-refractivity contribution is 0.183. The van der Waals surface area contributed by atoms with Crippen molar-refractivity contribution in [3.05, 3.63) is 12.3 Å². The molecule has 0 saturated heterocycles. The summed E-state index contributed by atoms with van der Waals surface area (Å²) < 4.78 is 6.65. The summed E-state index contributed by atoms with van der Waals surface area (Å²) in [4.78, 5) is 0. The third-order valence-corrected chi connectivity index (χ3v) is 1.64. The molecule has 13 heavy (non-hydrogen) atoms. The van der Waals surface area contributed by atoms with Gasteiger partial charge in [0, 0.05) is 39.0 Å². The number of hydrogen-bond acceptors (Lipinski definition) is 4. The van der Waals surface area contributed by atoms with Crippen molar-refractivity contribution >= 4 is 5.82 Å². The van der Waals surface area contributed by atoms with Gasteiger partial charge in [-0.3, -0.25) is 4.68 Å². The fraction of sp³-hybridized carbons (Fsp3) is 0.625. The number of rotatable bonds is 5. The van der Waals surface area contributed by atoms with E-state index in [-0.39, 0.29) is 6.04 Å². The Kier molecular flexibility index (Phi) is 3.72. The van der Waals surface area contributed by atoms with Crippen molar-refractivity contribution in [1.29, 1.82) is 0 Å². The topological polar surface area (TPSA) is 65.1 Å². The molecule has 0 aliphatic carbocycles. The first-order valence-electron chi connectivity index (χ1n) is 4.20. The second-order valence-electron chi connectivity index (χ2n) is 2.97. The van der Waals surface area contributed by atoms with E-state index >= 15 is 0 Å². The lowest BCUT2D eigenvalue weighted by atomic mass is 10.3. The monoisotopic (exact) mass is 184 g/mol. The van der Waals surface area contributed by atoms with Crippen LogP contribution >= 0.6 is 0 Å². The van der Waals surface area contributed by atoms with E-state index < -0.39 is 0 Å². The number of nitrogens with zero attached hydrogens (tertiary/aromatic N) is 2. The molecule has 0 spiro atoms. The zero-order chi connectivity index (χ0) is 9.68. The smallest absolute Gasteiger partial charge is 0.148 e. The summed E-state index contributed by atoms with van der Waals surface area (Å²) >= 11 is 0. The zero-order valence-corrected chi connectivity index (χ0v) is 8.03. The number of aromatic nitrogens is 2. The largest absolute Gasteiger partial charge is 0.383 e. The van der Waals surface area contributed by atoms with Gasteiger partial charge in [0.25, 0.3) is 0 Å². The molecule has 0 fully saturated rings. The molecule has 1 aromatic heterocycles. The first-order valence-corrected chi connectivity index (χ1v) is 4.20. The summed E-state index contributed by atoms with van der Waals surface area (Å²) in [6.07, 6.45) is 1.88. The maximum absolute atomic E-state index is 5.72. The van der Waals surface area contributed by atoms with Gasteiger partial charge >= 0.3 is 0 Å². The molecule has 0 radical (unpaired) electrons. The second-order valence-corrected chi connectivity index (χ2v) is 2.97. The van der Waals surface area contributed by atoms with Crippen molar-refractivity contribution in [3.8, 4) is 0 Å². The van der Waals surface area contributed by atoms with Gasteiger partial charge < -0.3 is 15.8 Å². The average molecular weight is 184 g/mol. The van der Waals surface area contributed by atoms with E-state index in [0.717, 1.165) is 5.82 Å². The lowest BCUT2D eigenvalue weighted by Crippen LogP contribution is -2.33. The van der Waals surface area contributed by atoms with Crippen LogP contribution in [0.2, 0.25) is 0 Å². The van der Waals surface area contributed by atoms with E-state index in [1.165, 1.54) is 0 Å². The Balaban J connectivity index is 2.26. The SMILES string of the molecule is COCC(N)CNc1ccn(C)n1. The fourth-order valence-corrected chi connectivity index (χ4v) is 1.02. The first-order chi connectivity index (χ1) is 6.22. The number of nitrogens with one attached hydrogen (secondary N) is 1. The van der Waals surface area contributed by atoms with Crippen LogP contribution in [0, 0.1) is 0 Å². The second kappa shape index (κ2) is 4.84. The Morgan fingerprint density at radius 3 is 3.08 bits per heavy atom. The van der Waals surface area contributed by atoms with Crippen LogP contribution in [0.1, 0.15) is 0 Å². The van der Waals surface area contributed by atoms with Crippen molar-refractivity contribution < 1.29 is 4.74 Å². The molecule has 0 aromatic carbocycles. The highest BCUT2D eigenvalue weighted by molar-refractivity contribution is 5.32. The predicted octanol–water partition coefficient (Wildman–Crippen LogP) is -0.194. The average Bonchev–Trinajstić information content (AvgIpc) is 2.49. The van der Waals surface area contributed by atoms with E-state index in [9.17, 15) is 0 Å². The Labute approximate surface area is 77.9 Å². The number of hydrogen-bond donors (Lipinski definition) is 2. The number of nitrogens with two attached hydrogens (primary N) is 1. The number of methoxy groups -OCH3 is 1. The molecule has 1 heterocycles. The minimum absolute atomic E-state index is 0.00649. The van der Waals surface area contributed by atoms with Crippen LogP contribution in [0.25, 0.3) is 0 Å². The standard InChI is InChI=1S/C8H16N4O/c1-12-4-3-8(11-12)10-5-7(9)6-13-2/h3-4,7H,5-6,9H2,1-2H3,(H,10,11). The fourth-order valence-electron chi connectivity index (χ4n) is 1.02. The normalized spacial score (nSPS) is 12.8. The molecule has 0 bridgehead atoms. The van der Waals surface area contributed by atoms with Crippen molar-refractivity contribution in [1.82, 2.24) is 9.78 Å². The molecule has 5 nitrogen and oxygen atoms in total. The summed E-state index contributed by atoms with van der Waals surface area (Å²) in [5.74, 6) is 0.842. The highest BCUT2D eigenvalue weighted by Crippen LogP contribution is 1.99. The maximum Gasteiger partial charge on any atom is 0.148 e. The zero-order valence-electron chi connectivity index (χ0n) is 8.03. The van der Waals surface area contributed by atoms with E-state index in [1.807, 2.05) is 19.3 Å². The molecule has 1 atom stereocenters. The third-order valence-electron chi connectivity index (χ3n) is 1.64. The van der Waals surface area contributed by atoms with Crippen LogP contribution in [0.5, 0.6) is 0 Å². The molecular formula is C8H16N4O. The molecule has 5 heteroatoms. The van der Waals surface area contributed by atoms with Crippen molar-refractivity contribution in [2.45, 2.75) is 6.04 Å². The van der Waals surface area contributed by atoms with Gasteiger partial charge in [-0.15, -0.1) is 0 Å². The Hall–Kier alpha value is -1.07. The molecule has 0 aliphatic heterocycles. The summed E-state index contributed by atoms with van der Waals surface area (Å²) in [5, 5.41) is 7.27. The molecule has 0 aliphatic rings. The molecule has 3 N–H and O–H groups in total. The van der Waals surface area contributed by atoms with Crippen molar-refractivity contribution in [2.75, 3.05) is 25.6 Å². The molecule has 74 valence electrons. The van der Waals surface area contributed by atoms with Crippen molar-refractivity contribution in [3.63, 3.8) is 0 Å². The van der Waals surface area contributed by atoms with Gasteiger partial charge in [-0.25, -0.2) is 0 Å². The minimum Gasteiger partial charge on any atom is -0.383 e. The van der Waals surface area contributed by atoms with Gasteiger partial charge in [0.15, 0.2) is 0 Å². The minimum atomic E-state index is 0.00649. The molecule has 1 rings (SSSR count). The molecule has 1 unspecified atom stereocenters. The van der Waals surface area contributed by atoms with Gasteiger partial charge in [-0.05, 0) is 0 Å². The molecule has 0 amide bonds. The molecule has 0 saturated carbocycles. The van der Waals surface area contributed by atoms with Crippen LogP contribution in [-0.2, 0) is 11.8 Å². The van der Waals surface area contributed by atoms with E-state index in [0.29, 0.717) is 13.2 Å². The summed E-state index contributed by atoms with van der Waals surface area (Å²) in [5.41, 5.74) is 5.72. The van der Waals surface area contributed by atoms with Crippen LogP contribution in [0.3, 0.4) is 0 Å². The highest BCUT2D eigenvalue weighted by atomic mass is 16.5. The van der Waals surface area contributed by atoms with Gasteiger partial charge in [-0.2, -0.15) is 5.10 Å². The maximum atomic E-state index is 5.72. The van der Waals surface area contributed by atoms with Gasteiger partial charge in [0.2, 0.25) is 0 Å². The highest BCUT2D eigenvalue weighted by Gasteiger charge is 2.01. The summed E-state index contributed by atoms with van der Waals surface area (Å²) in [6, 6.07) is 1.91.